The molecule has 170 valence electrons. The first-order valence-electron chi connectivity index (χ1n) is 10.1. The van der Waals surface area contributed by atoms with Crippen LogP contribution in [0.5, 0.6) is 0 Å². The number of nitrogens with zero attached hydrogens (tertiary/aromatic N) is 2. The van der Waals surface area contributed by atoms with Gasteiger partial charge >= 0.3 is 0 Å². The number of aromatic nitrogens is 1. The molecule has 0 bridgehead atoms. The van der Waals surface area contributed by atoms with Crippen molar-refractivity contribution >= 4 is 27.5 Å². The third-order valence-electron chi connectivity index (χ3n) is 5.35. The summed E-state index contributed by atoms with van der Waals surface area (Å²) in [7, 11) is 3.12. The summed E-state index contributed by atoms with van der Waals surface area (Å²) in [5.41, 5.74) is 0.893. The summed E-state index contributed by atoms with van der Waals surface area (Å²) in [5, 5.41) is 11.0. The van der Waals surface area contributed by atoms with E-state index in [0.29, 0.717) is 18.7 Å². The molecule has 2 heterocycles. The fraction of sp³-hybridized carbons (Fsp3) is 0.318. The van der Waals surface area contributed by atoms with E-state index in [-0.39, 0.29) is 21.8 Å². The molecule has 32 heavy (non-hydrogen) atoms. The highest BCUT2D eigenvalue weighted by Crippen LogP contribution is 2.38. The molecule has 2 aromatic rings. The largest absolute Gasteiger partial charge is 0.507 e. The van der Waals surface area contributed by atoms with Crippen LogP contribution in [0.25, 0.3) is 5.76 Å². The van der Waals surface area contributed by atoms with Crippen molar-refractivity contribution in [2.45, 2.75) is 10.9 Å². The zero-order chi connectivity index (χ0) is 23.6. The van der Waals surface area contributed by atoms with Crippen LogP contribution in [-0.4, -0.2) is 75.7 Å². The number of nitrogens with one attached hydrogen (secondary N) is 2. The van der Waals surface area contributed by atoms with E-state index in [9.17, 15) is 23.1 Å². The molecule has 1 aromatic heterocycles. The number of aromatic amines is 1. The fourth-order valence-corrected chi connectivity index (χ4v) is 4.43. The molecule has 1 aromatic carbocycles. The minimum atomic E-state index is -3.64. The average Bonchev–Trinajstić information content (AvgIpc) is 3.02. The molecule has 1 saturated heterocycles. The fourth-order valence-electron chi connectivity index (χ4n) is 3.53. The molecule has 1 amide bonds. The molecule has 0 radical (unpaired) electrons. The smallest absolute Gasteiger partial charge is 0.295 e. The minimum Gasteiger partial charge on any atom is -0.507 e. The normalized spacial score (nSPS) is 18.7. The van der Waals surface area contributed by atoms with E-state index >= 15 is 0 Å². The summed E-state index contributed by atoms with van der Waals surface area (Å²) >= 11 is 0. The second kappa shape index (κ2) is 9.19. The maximum atomic E-state index is 12.9. The Morgan fingerprint density at radius 1 is 1.16 bits per heavy atom. The zero-order valence-electron chi connectivity index (χ0n) is 18.5. The summed E-state index contributed by atoms with van der Waals surface area (Å²) in [4.78, 5) is 31.4. The van der Waals surface area contributed by atoms with Gasteiger partial charge in [0.25, 0.3) is 11.7 Å². The van der Waals surface area contributed by atoms with Gasteiger partial charge in [0.15, 0.2) is 12.4 Å². The summed E-state index contributed by atoms with van der Waals surface area (Å²) in [6.07, 6.45) is 3.40. The predicted octanol–water partition coefficient (Wildman–Crippen LogP) is -0.683. The summed E-state index contributed by atoms with van der Waals surface area (Å²) in [6, 6.07) is 8.37. The van der Waals surface area contributed by atoms with Gasteiger partial charge in [-0.25, -0.2) is 17.7 Å². The molecule has 0 aliphatic carbocycles. The van der Waals surface area contributed by atoms with Crippen molar-refractivity contribution in [2.24, 2.45) is 0 Å². The van der Waals surface area contributed by atoms with Crippen molar-refractivity contribution in [3.8, 4) is 0 Å². The molecule has 0 saturated carbocycles. The number of pyridine rings is 1. The van der Waals surface area contributed by atoms with E-state index in [1.54, 1.807) is 24.5 Å². The number of carbonyl (C=O) groups is 2. The van der Waals surface area contributed by atoms with Gasteiger partial charge in [-0.1, -0.05) is 0 Å². The summed E-state index contributed by atoms with van der Waals surface area (Å²) in [6.45, 7) is 0.959. The number of carbonyl (C=O) groups excluding carboxylic acids is 2. The number of ketones is 1. The number of hydrogen-bond donors (Lipinski definition) is 2. The number of rotatable bonds is 7. The van der Waals surface area contributed by atoms with Gasteiger partial charge in [0.1, 0.15) is 5.76 Å². The molecule has 0 spiro atoms. The third kappa shape index (κ3) is 4.43. The van der Waals surface area contributed by atoms with E-state index in [1.165, 1.54) is 43.3 Å². The van der Waals surface area contributed by atoms with Crippen molar-refractivity contribution in [3.05, 3.63) is 65.5 Å². The van der Waals surface area contributed by atoms with Gasteiger partial charge in [-0.05, 0) is 30.3 Å². The quantitative estimate of drug-likeness (QED) is 0.323. The first kappa shape index (κ1) is 23.6. The first-order chi connectivity index (χ1) is 15.1. The maximum Gasteiger partial charge on any atom is 0.295 e. The molecule has 3 rings (SSSR count). The van der Waals surface area contributed by atoms with Crippen LogP contribution < -0.4 is 9.88 Å². The monoisotopic (exact) mass is 460 g/mol. The number of aliphatic hydroxyl groups is 1. The number of quaternary nitrogens is 1. The lowest BCUT2D eigenvalue weighted by molar-refractivity contribution is -0.857. The van der Waals surface area contributed by atoms with Crippen LogP contribution >= 0.6 is 0 Å². The van der Waals surface area contributed by atoms with Crippen LogP contribution in [0, 0.1) is 0 Å². The second-order valence-corrected chi connectivity index (χ2v) is 10.3. The number of likely N-dealkylation sites (tertiary alicyclic amines) is 1. The van der Waals surface area contributed by atoms with Crippen LogP contribution in [0.4, 0.5) is 0 Å². The molecular weight excluding hydrogens is 432 g/mol. The Morgan fingerprint density at radius 3 is 2.34 bits per heavy atom. The highest BCUT2D eigenvalue weighted by atomic mass is 32.2. The first-order valence-corrected chi connectivity index (χ1v) is 11.6. The minimum absolute atomic E-state index is 0.0217. The number of H-pyrrole nitrogens is 1. The number of likely N-dealkylation sites (N-methyl/N-ethyl adjacent to an activating group) is 1. The van der Waals surface area contributed by atoms with Gasteiger partial charge in [-0.2, -0.15) is 0 Å². The van der Waals surface area contributed by atoms with Gasteiger partial charge in [0.05, 0.1) is 43.7 Å². The molecular formula is C22H28N4O5S+2. The van der Waals surface area contributed by atoms with Gasteiger partial charge in [-0.3, -0.25) is 9.59 Å². The van der Waals surface area contributed by atoms with Crippen LogP contribution in [-0.2, 0) is 19.6 Å². The number of hydrogen-bond acceptors (Lipinski definition) is 5. The van der Waals surface area contributed by atoms with Crippen LogP contribution in [0.3, 0.4) is 0 Å². The Kier molecular flexibility index (Phi) is 6.77. The molecule has 1 aliphatic heterocycles. The Balaban J connectivity index is 2.10. The third-order valence-corrected chi connectivity index (χ3v) is 7.18. The van der Waals surface area contributed by atoms with Crippen molar-refractivity contribution in [1.29, 1.82) is 0 Å². The molecule has 1 unspecified atom stereocenters. The van der Waals surface area contributed by atoms with Crippen molar-refractivity contribution < 1.29 is 33.0 Å². The highest BCUT2D eigenvalue weighted by molar-refractivity contribution is 7.89. The van der Waals surface area contributed by atoms with Gasteiger partial charge in [-0.15, -0.1) is 0 Å². The molecule has 9 nitrogen and oxygen atoms in total. The number of sulfonamides is 1. The highest BCUT2D eigenvalue weighted by Gasteiger charge is 2.46. The lowest BCUT2D eigenvalue weighted by Crippen LogP contribution is -3.06. The van der Waals surface area contributed by atoms with Gasteiger partial charge in [0, 0.05) is 31.3 Å². The van der Waals surface area contributed by atoms with E-state index in [4.69, 9.17) is 0 Å². The number of aliphatic hydroxyl groups excluding tert-OH is 1. The molecule has 3 N–H and O–H groups in total. The summed E-state index contributed by atoms with van der Waals surface area (Å²) < 4.78 is 25.7. The van der Waals surface area contributed by atoms with E-state index in [1.807, 2.05) is 14.1 Å². The SMILES string of the molecule is CN(C)S(=O)(=O)c1ccc(C(O)=C2C(=O)C(=O)N(CC[NH+](C)C)C2c2ccc[nH+]c2)cc1. The Morgan fingerprint density at radius 2 is 1.81 bits per heavy atom. The van der Waals surface area contributed by atoms with Crippen LogP contribution in [0.2, 0.25) is 0 Å². The Labute approximate surface area is 187 Å². The second-order valence-electron chi connectivity index (χ2n) is 8.10. The molecule has 1 aliphatic rings. The standard InChI is InChI=1S/C22H26N4O5S/c1-24(2)12-13-26-19(16-6-5-11-23-14-16)18(21(28)22(26)29)20(27)15-7-9-17(10-8-15)32(30,31)25(3)4/h5-11,14,19,27H,12-13H2,1-4H3/p+2. The van der Waals surface area contributed by atoms with Crippen molar-refractivity contribution in [2.75, 3.05) is 41.3 Å². The average molecular weight is 461 g/mol. The van der Waals surface area contributed by atoms with Crippen molar-refractivity contribution in [1.82, 2.24) is 9.21 Å². The van der Waals surface area contributed by atoms with Gasteiger partial charge < -0.3 is 14.9 Å². The Hall–Kier alpha value is -3.08. The molecule has 1 fully saturated rings. The maximum absolute atomic E-state index is 12.9. The van der Waals surface area contributed by atoms with Crippen molar-refractivity contribution in [3.63, 3.8) is 0 Å². The number of Topliss-reactive ketones (excluding diaryl/α,β-unsaturated/α-hetero) is 1. The summed E-state index contributed by atoms with van der Waals surface area (Å²) in [5.74, 6) is -1.78. The lowest BCUT2D eigenvalue weighted by Gasteiger charge is -2.24. The van der Waals surface area contributed by atoms with Gasteiger partial charge in [0.2, 0.25) is 10.0 Å². The zero-order valence-corrected chi connectivity index (χ0v) is 19.3. The molecule has 10 heteroatoms. The van der Waals surface area contributed by atoms with Crippen LogP contribution in [0.1, 0.15) is 17.2 Å². The Bertz CT molecular complexity index is 1140. The van der Waals surface area contributed by atoms with E-state index in [0.717, 1.165) is 9.21 Å². The number of benzene rings is 1. The molecule has 1 atom stereocenters. The van der Waals surface area contributed by atoms with Crippen LogP contribution in [0.15, 0.2) is 59.3 Å². The predicted molar refractivity (Wildman–Crippen MR) is 117 cm³/mol. The van der Waals surface area contributed by atoms with E-state index < -0.39 is 27.8 Å². The van der Waals surface area contributed by atoms with E-state index in [2.05, 4.69) is 4.98 Å². The lowest BCUT2D eigenvalue weighted by atomic mass is 9.96. The topological polar surface area (TPSA) is 114 Å². The number of amides is 1.